The Labute approximate surface area is 192 Å². The number of benzene rings is 2. The molecule has 1 aliphatic heterocycles. The van der Waals surface area contributed by atoms with Crippen LogP contribution in [0.1, 0.15) is 36.5 Å². The normalized spacial score (nSPS) is 16.0. The first kappa shape index (κ1) is 24.2. The molecule has 1 heterocycles. The van der Waals surface area contributed by atoms with Crippen LogP contribution in [0.5, 0.6) is 0 Å². The Kier molecular flexibility index (Phi) is 10.5. The lowest BCUT2D eigenvalue weighted by Gasteiger charge is -2.22. The Morgan fingerprint density at radius 2 is 1.66 bits per heavy atom. The van der Waals surface area contributed by atoms with E-state index in [1.807, 2.05) is 18.2 Å². The lowest BCUT2D eigenvalue weighted by atomic mass is 10.1. The largest absolute Gasteiger partial charge is 0.381 e. The van der Waals surface area contributed by atoms with E-state index in [0.717, 1.165) is 45.1 Å². The summed E-state index contributed by atoms with van der Waals surface area (Å²) in [6, 6.07) is 18.8. The number of nitrogens with zero attached hydrogens (tertiary/aromatic N) is 1. The second-order valence-corrected chi connectivity index (χ2v) is 8.35. The fourth-order valence-electron chi connectivity index (χ4n) is 3.50. The van der Waals surface area contributed by atoms with Gasteiger partial charge in [0.2, 0.25) is 0 Å². The summed E-state index contributed by atoms with van der Waals surface area (Å²) in [5, 5.41) is 6.76. The van der Waals surface area contributed by atoms with Crippen LogP contribution < -0.4 is 10.6 Å². The lowest BCUT2D eigenvalue weighted by Crippen LogP contribution is -2.39. The fraction of sp³-hybridized carbons (Fsp3) is 0.500. The number of aliphatic imine (C=N–C) groups is 1. The van der Waals surface area contributed by atoms with Crippen LogP contribution in [0.2, 0.25) is 0 Å². The van der Waals surface area contributed by atoms with Gasteiger partial charge >= 0.3 is 0 Å². The highest BCUT2D eigenvalue weighted by atomic mass is 16.5. The number of rotatable bonds is 11. The smallest absolute Gasteiger partial charge is 0.191 e. The van der Waals surface area contributed by atoms with E-state index in [-0.39, 0.29) is 0 Å². The van der Waals surface area contributed by atoms with E-state index in [2.05, 4.69) is 58.9 Å². The van der Waals surface area contributed by atoms with Gasteiger partial charge in [-0.1, -0.05) is 61.5 Å². The third kappa shape index (κ3) is 8.99. The van der Waals surface area contributed by atoms with Gasteiger partial charge in [0.05, 0.1) is 25.9 Å². The molecule has 2 aromatic carbocycles. The minimum absolute atomic E-state index is 0.325. The van der Waals surface area contributed by atoms with Crippen molar-refractivity contribution in [3.8, 4) is 0 Å². The Bertz CT molecular complexity index is 790. The van der Waals surface area contributed by atoms with E-state index in [9.17, 15) is 0 Å². The van der Waals surface area contributed by atoms with Crippen molar-refractivity contribution in [3.05, 3.63) is 71.3 Å². The molecule has 32 heavy (non-hydrogen) atoms. The van der Waals surface area contributed by atoms with Gasteiger partial charge in [-0.25, -0.2) is 0 Å². The highest BCUT2D eigenvalue weighted by molar-refractivity contribution is 5.79. The summed E-state index contributed by atoms with van der Waals surface area (Å²) in [5.41, 5.74) is 3.61. The van der Waals surface area contributed by atoms with E-state index >= 15 is 0 Å². The van der Waals surface area contributed by atoms with E-state index in [1.54, 1.807) is 7.05 Å². The first-order valence-corrected chi connectivity index (χ1v) is 11.6. The predicted octanol–water partition coefficient (Wildman–Crippen LogP) is 3.90. The van der Waals surface area contributed by atoms with Crippen LogP contribution in [0.15, 0.2) is 59.6 Å². The zero-order valence-corrected chi connectivity index (χ0v) is 19.4. The van der Waals surface area contributed by atoms with Crippen molar-refractivity contribution in [1.82, 2.24) is 10.6 Å². The predicted molar refractivity (Wildman–Crippen MR) is 129 cm³/mol. The third-order valence-electron chi connectivity index (χ3n) is 5.49. The van der Waals surface area contributed by atoms with Crippen molar-refractivity contribution in [2.45, 2.75) is 45.6 Å². The summed E-state index contributed by atoms with van der Waals surface area (Å²) < 4.78 is 17.2. The van der Waals surface area contributed by atoms with Crippen LogP contribution in [0.4, 0.5) is 0 Å². The number of hydrogen-bond donors (Lipinski definition) is 2. The average molecular weight is 440 g/mol. The zero-order valence-electron chi connectivity index (χ0n) is 19.4. The van der Waals surface area contributed by atoms with Crippen LogP contribution in [0.3, 0.4) is 0 Å². The van der Waals surface area contributed by atoms with Crippen LogP contribution in [-0.4, -0.2) is 45.5 Å². The van der Waals surface area contributed by atoms with Gasteiger partial charge in [-0.05, 0) is 35.4 Å². The number of nitrogens with one attached hydrogen (secondary N) is 2. The highest BCUT2D eigenvalue weighted by Gasteiger charge is 2.14. The van der Waals surface area contributed by atoms with Gasteiger partial charge in [0.15, 0.2) is 5.96 Å². The molecule has 1 saturated heterocycles. The van der Waals surface area contributed by atoms with Gasteiger partial charge < -0.3 is 24.8 Å². The summed E-state index contributed by atoms with van der Waals surface area (Å²) in [6.07, 6.45) is 2.31. The molecular weight excluding hydrogens is 402 g/mol. The number of hydrogen-bond acceptors (Lipinski definition) is 4. The molecule has 0 saturated carbocycles. The Hall–Kier alpha value is -2.41. The molecule has 1 fully saturated rings. The van der Waals surface area contributed by atoms with E-state index in [4.69, 9.17) is 14.2 Å². The molecule has 0 amide bonds. The van der Waals surface area contributed by atoms with Crippen LogP contribution in [0.25, 0.3) is 0 Å². The van der Waals surface area contributed by atoms with Crippen molar-refractivity contribution in [2.24, 2.45) is 10.9 Å². The summed E-state index contributed by atoms with van der Waals surface area (Å²) in [5.74, 6) is 1.18. The minimum Gasteiger partial charge on any atom is -0.381 e. The molecule has 1 unspecified atom stereocenters. The van der Waals surface area contributed by atoms with Crippen LogP contribution in [-0.2, 0) is 34.0 Å². The maximum Gasteiger partial charge on any atom is 0.191 e. The minimum atomic E-state index is 0.325. The molecule has 2 aromatic rings. The van der Waals surface area contributed by atoms with Gasteiger partial charge in [-0.3, -0.25) is 4.99 Å². The molecule has 1 atom stereocenters. The van der Waals surface area contributed by atoms with E-state index in [0.29, 0.717) is 31.8 Å². The second kappa shape index (κ2) is 13.9. The molecule has 6 nitrogen and oxygen atoms in total. The lowest BCUT2D eigenvalue weighted by molar-refractivity contribution is -0.0390. The first-order chi connectivity index (χ1) is 15.7. The molecule has 0 bridgehead atoms. The van der Waals surface area contributed by atoms with Crippen molar-refractivity contribution in [1.29, 1.82) is 0 Å². The zero-order chi connectivity index (χ0) is 22.4. The maximum absolute atomic E-state index is 6.00. The summed E-state index contributed by atoms with van der Waals surface area (Å²) in [7, 11) is 1.79. The molecule has 0 aliphatic carbocycles. The van der Waals surface area contributed by atoms with Gasteiger partial charge in [0, 0.05) is 33.4 Å². The Balaban J connectivity index is 1.31. The number of ether oxygens (including phenoxy) is 3. The molecule has 0 spiro atoms. The van der Waals surface area contributed by atoms with Crippen molar-refractivity contribution < 1.29 is 14.2 Å². The molecule has 174 valence electrons. The average Bonchev–Trinajstić information content (AvgIpc) is 2.85. The molecule has 1 aliphatic rings. The maximum atomic E-state index is 6.00. The standard InChI is InChI=1S/C26H37N3O3/c1-21(18-31-19-23-6-4-3-5-7-23)16-28-26(27-2)29-17-22-8-10-24(11-9-22)20-32-25-12-14-30-15-13-25/h3-11,21,25H,12-20H2,1-2H3,(H2,27,28,29). The first-order valence-electron chi connectivity index (χ1n) is 11.6. The van der Waals surface area contributed by atoms with Crippen LogP contribution in [0, 0.1) is 5.92 Å². The monoisotopic (exact) mass is 439 g/mol. The summed E-state index contributed by atoms with van der Waals surface area (Å²) in [4.78, 5) is 4.33. The SMILES string of the molecule is CN=C(NCc1ccc(COC2CCOCC2)cc1)NCC(C)COCc1ccccc1. The highest BCUT2D eigenvalue weighted by Crippen LogP contribution is 2.14. The molecular formula is C26H37N3O3. The molecule has 0 radical (unpaired) electrons. The molecule has 2 N–H and O–H groups in total. The topological polar surface area (TPSA) is 64.1 Å². The van der Waals surface area contributed by atoms with Gasteiger partial charge in [0.1, 0.15) is 0 Å². The Morgan fingerprint density at radius 1 is 0.969 bits per heavy atom. The van der Waals surface area contributed by atoms with Crippen LogP contribution >= 0.6 is 0 Å². The summed E-state index contributed by atoms with van der Waals surface area (Å²) >= 11 is 0. The quantitative estimate of drug-likeness (QED) is 0.411. The third-order valence-corrected chi connectivity index (χ3v) is 5.49. The molecule has 0 aromatic heterocycles. The summed E-state index contributed by atoms with van der Waals surface area (Å²) in [6.45, 7) is 7.33. The van der Waals surface area contributed by atoms with Crippen molar-refractivity contribution in [2.75, 3.05) is 33.4 Å². The van der Waals surface area contributed by atoms with Gasteiger partial charge in [0.25, 0.3) is 0 Å². The Morgan fingerprint density at radius 3 is 2.38 bits per heavy atom. The second-order valence-electron chi connectivity index (χ2n) is 8.35. The fourth-order valence-corrected chi connectivity index (χ4v) is 3.50. The van der Waals surface area contributed by atoms with Gasteiger partial charge in [-0.2, -0.15) is 0 Å². The van der Waals surface area contributed by atoms with Gasteiger partial charge in [-0.15, -0.1) is 0 Å². The van der Waals surface area contributed by atoms with E-state index in [1.165, 1.54) is 16.7 Å². The molecule has 6 heteroatoms. The van der Waals surface area contributed by atoms with E-state index < -0.39 is 0 Å². The molecule has 3 rings (SSSR count). The van der Waals surface area contributed by atoms with Crippen molar-refractivity contribution >= 4 is 5.96 Å². The number of guanidine groups is 1. The van der Waals surface area contributed by atoms with Crippen molar-refractivity contribution in [3.63, 3.8) is 0 Å².